The van der Waals surface area contributed by atoms with Gasteiger partial charge in [0, 0.05) is 44.7 Å². The highest BCUT2D eigenvalue weighted by molar-refractivity contribution is 5.56. The van der Waals surface area contributed by atoms with E-state index in [0.29, 0.717) is 5.92 Å². The van der Waals surface area contributed by atoms with Crippen molar-refractivity contribution in [3.63, 3.8) is 0 Å². The zero-order chi connectivity index (χ0) is 14.5. The first-order chi connectivity index (χ1) is 10.4. The van der Waals surface area contributed by atoms with Crippen molar-refractivity contribution in [3.8, 4) is 11.4 Å². The van der Waals surface area contributed by atoms with E-state index in [2.05, 4.69) is 25.1 Å². The van der Waals surface area contributed by atoms with Gasteiger partial charge in [-0.25, -0.2) is 0 Å². The molecule has 21 heavy (non-hydrogen) atoms. The molecule has 0 unspecified atom stereocenters. The number of piperidine rings is 1. The molecule has 112 valence electrons. The standard InChI is InChI=1S/C15H21N5O/c1-21-10-9-20-8-2-3-12(11-20)14-15(17-7-6-16-14)13-4-5-18-19-13/h4-7,12H,2-3,8-11H2,1H3,(H,18,19)/t12-/m0/s1. The van der Waals surface area contributed by atoms with E-state index in [1.165, 1.54) is 6.42 Å². The lowest BCUT2D eigenvalue weighted by atomic mass is 9.92. The molecular formula is C15H21N5O. The predicted octanol–water partition coefficient (Wildman–Crippen LogP) is 1.69. The third kappa shape index (κ3) is 3.28. The van der Waals surface area contributed by atoms with Crippen LogP contribution in [0.3, 0.4) is 0 Å². The normalized spacial score (nSPS) is 19.8. The van der Waals surface area contributed by atoms with Crippen LogP contribution in [0.2, 0.25) is 0 Å². The summed E-state index contributed by atoms with van der Waals surface area (Å²) in [5, 5.41) is 7.01. The number of aromatic amines is 1. The maximum absolute atomic E-state index is 5.19. The Morgan fingerprint density at radius 2 is 2.24 bits per heavy atom. The molecule has 6 heteroatoms. The number of likely N-dealkylation sites (tertiary alicyclic amines) is 1. The molecule has 3 heterocycles. The van der Waals surface area contributed by atoms with Crippen LogP contribution in [0.25, 0.3) is 11.4 Å². The Kier molecular flexibility index (Phi) is 4.57. The van der Waals surface area contributed by atoms with Gasteiger partial charge in [-0.15, -0.1) is 0 Å². The number of hydrogen-bond donors (Lipinski definition) is 1. The Bertz CT molecular complexity index is 557. The second kappa shape index (κ2) is 6.78. The van der Waals surface area contributed by atoms with Gasteiger partial charge in [-0.05, 0) is 25.5 Å². The highest BCUT2D eigenvalue weighted by atomic mass is 16.5. The SMILES string of the molecule is COCCN1CCC[C@H](c2nccnc2-c2ccn[nH]2)C1. The number of rotatable bonds is 5. The average molecular weight is 287 g/mol. The molecule has 0 radical (unpaired) electrons. The van der Waals surface area contributed by atoms with Crippen LogP contribution in [0.15, 0.2) is 24.7 Å². The molecule has 0 saturated carbocycles. The molecule has 3 rings (SSSR count). The molecule has 1 saturated heterocycles. The fraction of sp³-hybridized carbons (Fsp3) is 0.533. The van der Waals surface area contributed by atoms with Gasteiger partial charge in [0.2, 0.25) is 0 Å². The van der Waals surface area contributed by atoms with Crippen LogP contribution in [-0.2, 0) is 4.74 Å². The van der Waals surface area contributed by atoms with Gasteiger partial charge in [0.05, 0.1) is 18.0 Å². The second-order valence-electron chi connectivity index (χ2n) is 5.39. The summed E-state index contributed by atoms with van der Waals surface area (Å²) in [6.45, 7) is 3.91. The Morgan fingerprint density at radius 3 is 3.05 bits per heavy atom. The summed E-state index contributed by atoms with van der Waals surface area (Å²) >= 11 is 0. The van der Waals surface area contributed by atoms with Gasteiger partial charge in [0.1, 0.15) is 5.69 Å². The quantitative estimate of drug-likeness (QED) is 0.906. The summed E-state index contributed by atoms with van der Waals surface area (Å²) < 4.78 is 5.19. The second-order valence-corrected chi connectivity index (χ2v) is 5.39. The maximum atomic E-state index is 5.19. The molecule has 1 N–H and O–H groups in total. The van der Waals surface area contributed by atoms with Gasteiger partial charge in [0.15, 0.2) is 0 Å². The van der Waals surface area contributed by atoms with Gasteiger partial charge in [-0.2, -0.15) is 5.10 Å². The minimum atomic E-state index is 0.419. The number of aromatic nitrogens is 4. The van der Waals surface area contributed by atoms with Crippen LogP contribution in [0.5, 0.6) is 0 Å². The summed E-state index contributed by atoms with van der Waals surface area (Å²) in [6, 6.07) is 1.94. The number of hydrogen-bond acceptors (Lipinski definition) is 5. The van der Waals surface area contributed by atoms with Crippen LogP contribution < -0.4 is 0 Å². The third-order valence-corrected chi connectivity index (χ3v) is 3.99. The molecule has 2 aromatic rings. The summed E-state index contributed by atoms with van der Waals surface area (Å²) in [5.74, 6) is 0.419. The maximum Gasteiger partial charge on any atom is 0.110 e. The monoisotopic (exact) mass is 287 g/mol. The zero-order valence-electron chi connectivity index (χ0n) is 12.3. The first-order valence-corrected chi connectivity index (χ1v) is 7.40. The van der Waals surface area contributed by atoms with E-state index in [1.807, 2.05) is 6.07 Å². The minimum Gasteiger partial charge on any atom is -0.383 e. The Morgan fingerprint density at radius 1 is 1.33 bits per heavy atom. The van der Waals surface area contributed by atoms with Crippen molar-refractivity contribution >= 4 is 0 Å². The lowest BCUT2D eigenvalue weighted by Gasteiger charge is -2.32. The van der Waals surface area contributed by atoms with Crippen LogP contribution >= 0.6 is 0 Å². The Hall–Kier alpha value is -1.79. The van der Waals surface area contributed by atoms with E-state index in [4.69, 9.17) is 4.74 Å². The molecule has 1 atom stereocenters. The lowest BCUT2D eigenvalue weighted by molar-refractivity contribution is 0.127. The van der Waals surface area contributed by atoms with Gasteiger partial charge < -0.3 is 9.64 Å². The van der Waals surface area contributed by atoms with E-state index in [0.717, 1.165) is 49.7 Å². The van der Waals surface area contributed by atoms with Crippen molar-refractivity contribution in [1.29, 1.82) is 0 Å². The van der Waals surface area contributed by atoms with Crippen molar-refractivity contribution < 1.29 is 4.74 Å². The van der Waals surface area contributed by atoms with Crippen LogP contribution in [0, 0.1) is 0 Å². The molecule has 1 fully saturated rings. The van der Waals surface area contributed by atoms with Crippen LogP contribution in [0.1, 0.15) is 24.5 Å². The van der Waals surface area contributed by atoms with Gasteiger partial charge in [-0.3, -0.25) is 15.1 Å². The molecule has 0 amide bonds. The number of methoxy groups -OCH3 is 1. The van der Waals surface area contributed by atoms with E-state index in [1.54, 1.807) is 25.7 Å². The molecule has 1 aliphatic heterocycles. The Labute approximate surface area is 124 Å². The van der Waals surface area contributed by atoms with Crippen molar-refractivity contribution in [2.45, 2.75) is 18.8 Å². The molecule has 6 nitrogen and oxygen atoms in total. The first kappa shape index (κ1) is 14.2. The number of H-pyrrole nitrogens is 1. The van der Waals surface area contributed by atoms with Crippen molar-refractivity contribution in [2.24, 2.45) is 0 Å². The number of ether oxygens (including phenoxy) is 1. The molecule has 0 bridgehead atoms. The van der Waals surface area contributed by atoms with Gasteiger partial charge in [0.25, 0.3) is 0 Å². The van der Waals surface area contributed by atoms with Crippen LogP contribution in [-0.4, -0.2) is 58.4 Å². The fourth-order valence-electron chi connectivity index (χ4n) is 2.95. The highest BCUT2D eigenvalue weighted by Gasteiger charge is 2.25. The van der Waals surface area contributed by atoms with E-state index >= 15 is 0 Å². The summed E-state index contributed by atoms with van der Waals surface area (Å²) in [6.07, 6.45) is 7.62. The fourth-order valence-corrected chi connectivity index (χ4v) is 2.95. The lowest BCUT2D eigenvalue weighted by Crippen LogP contribution is -2.37. The van der Waals surface area contributed by atoms with Crippen molar-refractivity contribution in [2.75, 3.05) is 33.4 Å². The van der Waals surface area contributed by atoms with E-state index in [-0.39, 0.29) is 0 Å². The third-order valence-electron chi connectivity index (χ3n) is 3.99. The highest BCUT2D eigenvalue weighted by Crippen LogP contribution is 2.30. The molecule has 0 aromatic carbocycles. The predicted molar refractivity (Wildman–Crippen MR) is 79.9 cm³/mol. The zero-order valence-corrected chi connectivity index (χ0v) is 12.3. The molecular weight excluding hydrogens is 266 g/mol. The summed E-state index contributed by atoms with van der Waals surface area (Å²) in [4.78, 5) is 11.6. The Balaban J connectivity index is 1.80. The largest absolute Gasteiger partial charge is 0.383 e. The van der Waals surface area contributed by atoms with E-state index in [9.17, 15) is 0 Å². The topological polar surface area (TPSA) is 66.9 Å². The summed E-state index contributed by atoms with van der Waals surface area (Å²) in [7, 11) is 1.75. The first-order valence-electron chi connectivity index (χ1n) is 7.40. The molecule has 2 aromatic heterocycles. The molecule has 1 aliphatic rings. The number of nitrogens with one attached hydrogen (secondary N) is 1. The smallest absolute Gasteiger partial charge is 0.110 e. The van der Waals surface area contributed by atoms with E-state index < -0.39 is 0 Å². The molecule has 0 spiro atoms. The van der Waals surface area contributed by atoms with Crippen LogP contribution in [0.4, 0.5) is 0 Å². The van der Waals surface area contributed by atoms with Crippen molar-refractivity contribution in [1.82, 2.24) is 25.1 Å². The minimum absolute atomic E-state index is 0.419. The van der Waals surface area contributed by atoms with Gasteiger partial charge in [-0.1, -0.05) is 0 Å². The van der Waals surface area contributed by atoms with Gasteiger partial charge >= 0.3 is 0 Å². The average Bonchev–Trinajstić information content (AvgIpc) is 3.07. The molecule has 0 aliphatic carbocycles. The summed E-state index contributed by atoms with van der Waals surface area (Å²) in [5.41, 5.74) is 2.93. The number of nitrogens with zero attached hydrogens (tertiary/aromatic N) is 4. The van der Waals surface area contributed by atoms with Crippen molar-refractivity contribution in [3.05, 3.63) is 30.4 Å².